The summed E-state index contributed by atoms with van der Waals surface area (Å²) in [5, 5.41) is 16.6. The van der Waals surface area contributed by atoms with Crippen molar-refractivity contribution in [2.75, 3.05) is 20.3 Å². The molecule has 8 nitrogen and oxygen atoms in total. The first-order valence-corrected chi connectivity index (χ1v) is 8.02. The number of nitrogens with zero attached hydrogens (tertiary/aromatic N) is 1. The molecule has 140 valence electrons. The molecule has 0 spiro atoms. The molecule has 2 rings (SSSR count). The number of oxazole rings is 1. The lowest BCUT2D eigenvalue weighted by Gasteiger charge is -2.14. The third-order valence-corrected chi connectivity index (χ3v) is 3.30. The molecule has 1 aromatic heterocycles. The Hall–Kier alpha value is -2.03. The summed E-state index contributed by atoms with van der Waals surface area (Å²) in [6, 6.07) is 3.04. The number of halogens is 1. The highest BCUT2D eigenvalue weighted by molar-refractivity contribution is 6.32. The van der Waals surface area contributed by atoms with Crippen LogP contribution in [0.2, 0.25) is 5.02 Å². The molecular weight excluding hydrogens is 354 g/mol. The monoisotopic (exact) mass is 375 g/mol. The predicted octanol–water partition coefficient (Wildman–Crippen LogP) is 2.13. The van der Waals surface area contributed by atoms with Crippen molar-refractivity contribution in [2.45, 2.75) is 32.9 Å². The lowest BCUT2D eigenvalue weighted by molar-refractivity contribution is -0.137. The molecule has 0 bridgehead atoms. The van der Waals surface area contributed by atoms with Crippen LogP contribution >= 0.6 is 11.6 Å². The minimum atomic E-state index is -0.999. The average molecular weight is 376 g/mol. The van der Waals surface area contributed by atoms with Gasteiger partial charge in [0.15, 0.2) is 5.58 Å². The summed E-state index contributed by atoms with van der Waals surface area (Å²) < 4.78 is 16.9. The van der Waals surface area contributed by atoms with Crippen molar-refractivity contribution in [3.8, 4) is 5.75 Å². The van der Waals surface area contributed by atoms with E-state index in [0.29, 0.717) is 28.5 Å². The third kappa shape index (κ3) is 6.08. The fourth-order valence-electron chi connectivity index (χ4n) is 2.06. The molecule has 1 unspecified atom stereocenters. The van der Waals surface area contributed by atoms with Gasteiger partial charge in [0.05, 0.1) is 23.6 Å². The molecule has 0 amide bonds. The fraction of sp³-hybridized carbons (Fsp3) is 0.500. The van der Waals surface area contributed by atoms with E-state index in [1.54, 1.807) is 14.0 Å². The van der Waals surface area contributed by atoms with Gasteiger partial charge < -0.3 is 24.1 Å². The molecule has 0 aliphatic rings. The zero-order valence-corrected chi connectivity index (χ0v) is 15.1. The number of aliphatic carboxylic acids is 1. The maximum Gasteiger partial charge on any atom is 0.419 e. The van der Waals surface area contributed by atoms with Gasteiger partial charge >= 0.3 is 11.7 Å². The van der Waals surface area contributed by atoms with Gasteiger partial charge in [-0.15, -0.1) is 0 Å². The highest BCUT2D eigenvalue weighted by Crippen LogP contribution is 2.30. The number of aromatic nitrogens is 1. The SMILES string of the molecule is CCO.COCC(C)Oc1cc2oc(=O)n(CCC(=O)O)c2cc1Cl. The highest BCUT2D eigenvalue weighted by Gasteiger charge is 2.15. The lowest BCUT2D eigenvalue weighted by atomic mass is 10.3. The van der Waals surface area contributed by atoms with E-state index >= 15 is 0 Å². The number of methoxy groups -OCH3 is 1. The Kier molecular flexibility index (Phi) is 8.47. The number of carboxylic acid groups (broad SMARTS) is 1. The minimum absolute atomic E-state index is 0.0117. The molecule has 2 aromatic rings. The van der Waals surface area contributed by atoms with E-state index in [-0.39, 0.29) is 25.7 Å². The van der Waals surface area contributed by atoms with Crippen LogP contribution in [0.15, 0.2) is 21.3 Å². The minimum Gasteiger partial charge on any atom is -0.487 e. The van der Waals surface area contributed by atoms with Gasteiger partial charge in [0.2, 0.25) is 0 Å². The smallest absolute Gasteiger partial charge is 0.419 e. The summed E-state index contributed by atoms with van der Waals surface area (Å²) in [4.78, 5) is 22.4. The topological polar surface area (TPSA) is 111 Å². The Bertz CT molecular complexity index is 753. The number of benzene rings is 1. The van der Waals surface area contributed by atoms with E-state index < -0.39 is 11.7 Å². The molecule has 0 fully saturated rings. The third-order valence-electron chi connectivity index (χ3n) is 3.00. The second-order valence-electron chi connectivity index (χ2n) is 5.11. The Morgan fingerprint density at radius 2 is 2.08 bits per heavy atom. The molecule has 0 saturated carbocycles. The fourth-order valence-corrected chi connectivity index (χ4v) is 2.26. The maximum absolute atomic E-state index is 11.8. The Labute approximate surface area is 149 Å². The molecule has 1 heterocycles. The first-order chi connectivity index (χ1) is 11.8. The van der Waals surface area contributed by atoms with Crippen LogP contribution in [-0.4, -0.2) is 47.2 Å². The molecule has 1 aromatic carbocycles. The first-order valence-electron chi connectivity index (χ1n) is 7.65. The first kappa shape index (κ1) is 21.0. The number of aliphatic hydroxyl groups excluding tert-OH is 1. The zero-order valence-electron chi connectivity index (χ0n) is 14.3. The average Bonchev–Trinajstić information content (AvgIpc) is 2.81. The summed E-state index contributed by atoms with van der Waals surface area (Å²) in [6.07, 6.45) is -0.407. The van der Waals surface area contributed by atoms with E-state index in [4.69, 9.17) is 35.7 Å². The van der Waals surface area contributed by atoms with E-state index in [1.807, 2.05) is 6.92 Å². The molecule has 0 aliphatic heterocycles. The zero-order chi connectivity index (χ0) is 19.0. The van der Waals surface area contributed by atoms with Crippen molar-refractivity contribution in [2.24, 2.45) is 0 Å². The van der Waals surface area contributed by atoms with Crippen LogP contribution in [0.5, 0.6) is 5.75 Å². The number of carboxylic acids is 1. The number of hydrogen-bond acceptors (Lipinski definition) is 6. The number of aryl methyl sites for hydroxylation is 1. The Morgan fingerprint density at radius 3 is 2.64 bits per heavy atom. The van der Waals surface area contributed by atoms with Crippen molar-refractivity contribution < 1.29 is 28.9 Å². The van der Waals surface area contributed by atoms with E-state index in [2.05, 4.69) is 0 Å². The molecule has 9 heteroatoms. The van der Waals surface area contributed by atoms with Gasteiger partial charge in [-0.25, -0.2) is 4.79 Å². The van der Waals surface area contributed by atoms with Crippen LogP contribution in [0.1, 0.15) is 20.3 Å². The summed E-state index contributed by atoms with van der Waals surface area (Å²) in [6.45, 7) is 4.15. The second kappa shape index (κ2) is 10.1. The van der Waals surface area contributed by atoms with Crippen LogP contribution in [0, 0.1) is 0 Å². The van der Waals surface area contributed by atoms with Crippen LogP contribution in [-0.2, 0) is 16.1 Å². The lowest BCUT2D eigenvalue weighted by Crippen LogP contribution is -2.18. The van der Waals surface area contributed by atoms with Crippen molar-refractivity contribution in [3.05, 3.63) is 27.7 Å². The van der Waals surface area contributed by atoms with Crippen LogP contribution in [0.25, 0.3) is 11.1 Å². The number of carbonyl (C=O) groups is 1. The van der Waals surface area contributed by atoms with E-state index in [9.17, 15) is 9.59 Å². The van der Waals surface area contributed by atoms with Crippen molar-refractivity contribution in [1.29, 1.82) is 0 Å². The molecule has 1 atom stereocenters. The number of hydrogen-bond donors (Lipinski definition) is 2. The molecule has 25 heavy (non-hydrogen) atoms. The number of fused-ring (bicyclic) bond motifs is 1. The predicted molar refractivity (Wildman–Crippen MR) is 92.5 cm³/mol. The van der Waals surface area contributed by atoms with Gasteiger partial charge in [0.25, 0.3) is 0 Å². The van der Waals surface area contributed by atoms with E-state index in [0.717, 1.165) is 0 Å². The van der Waals surface area contributed by atoms with Crippen LogP contribution < -0.4 is 10.5 Å². The van der Waals surface area contributed by atoms with Gasteiger partial charge in [-0.05, 0) is 19.9 Å². The van der Waals surface area contributed by atoms with Gasteiger partial charge in [-0.2, -0.15) is 0 Å². The largest absolute Gasteiger partial charge is 0.487 e. The molecule has 2 N–H and O–H groups in total. The van der Waals surface area contributed by atoms with Crippen molar-refractivity contribution >= 4 is 28.7 Å². The van der Waals surface area contributed by atoms with Gasteiger partial charge in [-0.1, -0.05) is 11.6 Å². The molecule has 0 saturated heterocycles. The Morgan fingerprint density at radius 1 is 1.44 bits per heavy atom. The Balaban J connectivity index is 0.000000970. The highest BCUT2D eigenvalue weighted by atomic mass is 35.5. The van der Waals surface area contributed by atoms with Gasteiger partial charge in [0, 0.05) is 26.3 Å². The van der Waals surface area contributed by atoms with Gasteiger partial charge in [-0.3, -0.25) is 9.36 Å². The summed E-state index contributed by atoms with van der Waals surface area (Å²) in [5.74, 6) is -1.26. The number of ether oxygens (including phenoxy) is 2. The molecule has 0 radical (unpaired) electrons. The number of rotatable bonds is 7. The van der Waals surface area contributed by atoms with Gasteiger partial charge in [0.1, 0.15) is 11.9 Å². The number of aliphatic hydroxyl groups is 1. The quantitative estimate of drug-likeness (QED) is 0.762. The summed E-state index contributed by atoms with van der Waals surface area (Å²) >= 11 is 6.15. The van der Waals surface area contributed by atoms with Crippen molar-refractivity contribution in [3.63, 3.8) is 0 Å². The van der Waals surface area contributed by atoms with Crippen LogP contribution in [0.4, 0.5) is 0 Å². The van der Waals surface area contributed by atoms with E-state index in [1.165, 1.54) is 16.7 Å². The van der Waals surface area contributed by atoms with Crippen LogP contribution in [0.3, 0.4) is 0 Å². The summed E-state index contributed by atoms with van der Waals surface area (Å²) in [7, 11) is 1.56. The molecular formula is C16H22ClNO7. The second-order valence-corrected chi connectivity index (χ2v) is 5.52. The molecule has 0 aliphatic carbocycles. The normalized spacial score (nSPS) is 11.7. The van der Waals surface area contributed by atoms with Crippen molar-refractivity contribution in [1.82, 2.24) is 4.57 Å². The summed E-state index contributed by atoms with van der Waals surface area (Å²) in [5.41, 5.74) is 0.724. The standard InChI is InChI=1S/C14H16ClNO6.C2H6O/c1-8(7-20-2)21-11-6-12-10(5-9(11)15)16(14(19)22-12)4-3-13(17)18;1-2-3/h5-6,8H,3-4,7H2,1-2H3,(H,17,18);3H,2H2,1H3. The maximum atomic E-state index is 11.8.